The first-order valence-electron chi connectivity index (χ1n) is 4.19. The van der Waals surface area contributed by atoms with Crippen molar-refractivity contribution in [1.29, 1.82) is 0 Å². The van der Waals surface area contributed by atoms with Gasteiger partial charge < -0.3 is 4.90 Å². The number of hydrogen-bond donors (Lipinski definition) is 1. The van der Waals surface area contributed by atoms with Crippen LogP contribution in [-0.4, -0.2) is 30.8 Å². The molecule has 0 aromatic rings. The number of nitrogens with zero attached hydrogens (tertiary/aromatic N) is 1. The summed E-state index contributed by atoms with van der Waals surface area (Å²) in [7, 11) is 1.91. The van der Waals surface area contributed by atoms with Crippen molar-refractivity contribution >= 4 is 12.3 Å². The molecule has 0 aliphatic carbocycles. The van der Waals surface area contributed by atoms with E-state index in [2.05, 4.69) is 5.32 Å². The van der Waals surface area contributed by atoms with Crippen molar-refractivity contribution < 1.29 is 9.59 Å². The zero-order chi connectivity index (χ0) is 10.3. The first kappa shape index (κ1) is 11.7. The van der Waals surface area contributed by atoms with Gasteiger partial charge in [-0.3, -0.25) is 14.9 Å². The standard InChI is InChI=1S/C9H16N2O2/c1-4-8(2)11(3)6-5-9(13)10-7-12/h4,7H,5-6H2,1-3H3,(H,10,12,13)/b8-4+. The fourth-order valence-electron chi connectivity index (χ4n) is 0.804. The number of amides is 2. The lowest BCUT2D eigenvalue weighted by Crippen LogP contribution is -2.27. The molecule has 1 N–H and O–H groups in total. The number of hydrogen-bond acceptors (Lipinski definition) is 3. The minimum atomic E-state index is -0.245. The van der Waals surface area contributed by atoms with Crippen molar-refractivity contribution in [1.82, 2.24) is 10.2 Å². The molecule has 74 valence electrons. The smallest absolute Gasteiger partial charge is 0.228 e. The molecule has 0 bridgehead atoms. The Morgan fingerprint density at radius 3 is 2.62 bits per heavy atom. The second kappa shape index (κ2) is 6.22. The normalized spacial score (nSPS) is 10.8. The zero-order valence-corrected chi connectivity index (χ0v) is 8.33. The number of allylic oxidation sites excluding steroid dienone is 2. The predicted octanol–water partition coefficient (Wildman–Crippen LogP) is 0.505. The molecule has 4 nitrogen and oxygen atoms in total. The molecule has 0 rings (SSSR count). The maximum atomic E-state index is 10.9. The minimum Gasteiger partial charge on any atom is -0.378 e. The molecule has 0 fully saturated rings. The molecular formula is C9H16N2O2. The van der Waals surface area contributed by atoms with Crippen LogP contribution in [0.3, 0.4) is 0 Å². The van der Waals surface area contributed by atoms with Crippen LogP contribution in [0.4, 0.5) is 0 Å². The molecule has 0 aliphatic heterocycles. The molecule has 0 spiro atoms. The van der Waals surface area contributed by atoms with Crippen molar-refractivity contribution in [3.8, 4) is 0 Å². The third-order valence-corrected chi connectivity index (χ3v) is 1.91. The van der Waals surface area contributed by atoms with Crippen molar-refractivity contribution in [2.45, 2.75) is 20.3 Å². The van der Waals surface area contributed by atoms with Gasteiger partial charge in [-0.2, -0.15) is 0 Å². The molecule has 0 saturated carbocycles. The summed E-state index contributed by atoms with van der Waals surface area (Å²) < 4.78 is 0. The first-order valence-corrected chi connectivity index (χ1v) is 4.19. The summed E-state index contributed by atoms with van der Waals surface area (Å²) in [5.41, 5.74) is 1.11. The lowest BCUT2D eigenvalue weighted by Gasteiger charge is -2.18. The van der Waals surface area contributed by atoms with Gasteiger partial charge in [-0.15, -0.1) is 0 Å². The third kappa shape index (κ3) is 5.00. The molecule has 0 radical (unpaired) electrons. The molecule has 0 heterocycles. The Hall–Kier alpha value is -1.32. The van der Waals surface area contributed by atoms with Crippen LogP contribution in [0.25, 0.3) is 0 Å². The molecule has 0 atom stereocenters. The van der Waals surface area contributed by atoms with Crippen LogP contribution in [0.1, 0.15) is 20.3 Å². The molecule has 0 saturated heterocycles. The minimum absolute atomic E-state index is 0.245. The quantitative estimate of drug-likeness (QED) is 0.633. The molecule has 4 heteroatoms. The Morgan fingerprint density at radius 2 is 2.15 bits per heavy atom. The lowest BCUT2D eigenvalue weighted by molar-refractivity contribution is -0.125. The van der Waals surface area contributed by atoms with Crippen LogP contribution >= 0.6 is 0 Å². The topological polar surface area (TPSA) is 49.4 Å². The van der Waals surface area contributed by atoms with Gasteiger partial charge in [0.2, 0.25) is 12.3 Å². The average molecular weight is 184 g/mol. The maximum Gasteiger partial charge on any atom is 0.228 e. The van der Waals surface area contributed by atoms with Gasteiger partial charge >= 0.3 is 0 Å². The third-order valence-electron chi connectivity index (χ3n) is 1.91. The van der Waals surface area contributed by atoms with Crippen molar-refractivity contribution in [2.75, 3.05) is 13.6 Å². The van der Waals surface area contributed by atoms with Crippen molar-refractivity contribution in [3.63, 3.8) is 0 Å². The van der Waals surface area contributed by atoms with E-state index in [1.54, 1.807) is 0 Å². The van der Waals surface area contributed by atoms with Crippen LogP contribution in [0.2, 0.25) is 0 Å². The van der Waals surface area contributed by atoms with Gasteiger partial charge in [0.05, 0.1) is 0 Å². The van der Waals surface area contributed by atoms with Gasteiger partial charge in [-0.05, 0) is 13.8 Å². The van der Waals surface area contributed by atoms with Crippen LogP contribution in [0.15, 0.2) is 11.8 Å². The van der Waals surface area contributed by atoms with Gasteiger partial charge in [-0.25, -0.2) is 0 Å². The van der Waals surface area contributed by atoms with Crippen LogP contribution < -0.4 is 5.32 Å². The Balaban J connectivity index is 3.76. The maximum absolute atomic E-state index is 10.9. The largest absolute Gasteiger partial charge is 0.378 e. The molecule has 0 unspecified atom stereocenters. The molecule has 2 amide bonds. The van der Waals surface area contributed by atoms with E-state index in [-0.39, 0.29) is 5.91 Å². The highest BCUT2D eigenvalue weighted by atomic mass is 16.2. The van der Waals surface area contributed by atoms with E-state index in [0.29, 0.717) is 19.4 Å². The SMILES string of the molecule is C/C=C(\C)N(C)CCC(=O)NC=O. The van der Waals surface area contributed by atoms with E-state index >= 15 is 0 Å². The van der Waals surface area contributed by atoms with Gasteiger partial charge in [0, 0.05) is 25.7 Å². The number of carbonyl (C=O) groups is 2. The van der Waals surface area contributed by atoms with E-state index in [4.69, 9.17) is 0 Å². The second-order valence-electron chi connectivity index (χ2n) is 2.79. The summed E-state index contributed by atoms with van der Waals surface area (Å²) in [5, 5.41) is 2.09. The van der Waals surface area contributed by atoms with Gasteiger partial charge in [0.25, 0.3) is 0 Å². The highest BCUT2D eigenvalue weighted by Gasteiger charge is 2.02. The Labute approximate surface area is 78.6 Å². The molecular weight excluding hydrogens is 168 g/mol. The van der Waals surface area contributed by atoms with Gasteiger partial charge in [0.15, 0.2) is 0 Å². The Kier molecular flexibility index (Phi) is 5.59. The number of imide groups is 1. The summed E-state index contributed by atoms with van der Waals surface area (Å²) in [6, 6.07) is 0. The van der Waals surface area contributed by atoms with Gasteiger partial charge in [-0.1, -0.05) is 6.08 Å². The summed E-state index contributed by atoms with van der Waals surface area (Å²) >= 11 is 0. The fraction of sp³-hybridized carbons (Fsp3) is 0.556. The van der Waals surface area contributed by atoms with E-state index in [0.717, 1.165) is 5.70 Å². The second-order valence-corrected chi connectivity index (χ2v) is 2.79. The number of nitrogens with one attached hydrogen (secondary N) is 1. The monoisotopic (exact) mass is 184 g/mol. The summed E-state index contributed by atoms with van der Waals surface area (Å²) in [6.45, 7) is 4.53. The molecule has 0 aromatic carbocycles. The van der Waals surface area contributed by atoms with Crippen LogP contribution in [-0.2, 0) is 9.59 Å². The first-order chi connectivity index (χ1) is 6.11. The van der Waals surface area contributed by atoms with Gasteiger partial charge in [0.1, 0.15) is 0 Å². The predicted molar refractivity (Wildman–Crippen MR) is 50.9 cm³/mol. The van der Waals surface area contributed by atoms with E-state index in [1.165, 1.54) is 0 Å². The van der Waals surface area contributed by atoms with Crippen LogP contribution in [0, 0.1) is 0 Å². The highest BCUT2D eigenvalue weighted by Crippen LogP contribution is 1.99. The van der Waals surface area contributed by atoms with E-state index in [1.807, 2.05) is 31.9 Å². The Morgan fingerprint density at radius 1 is 1.54 bits per heavy atom. The summed E-state index contributed by atoms with van der Waals surface area (Å²) in [6.07, 6.45) is 2.71. The summed E-state index contributed by atoms with van der Waals surface area (Å²) in [4.78, 5) is 22.7. The van der Waals surface area contributed by atoms with Crippen LogP contribution in [0.5, 0.6) is 0 Å². The fourth-order valence-corrected chi connectivity index (χ4v) is 0.804. The van der Waals surface area contributed by atoms with Crippen molar-refractivity contribution in [3.05, 3.63) is 11.8 Å². The number of carbonyl (C=O) groups excluding carboxylic acids is 2. The highest BCUT2D eigenvalue weighted by molar-refractivity contribution is 5.85. The lowest BCUT2D eigenvalue weighted by atomic mass is 10.3. The Bertz CT molecular complexity index is 212. The van der Waals surface area contributed by atoms with E-state index < -0.39 is 0 Å². The van der Waals surface area contributed by atoms with Crippen molar-refractivity contribution in [2.24, 2.45) is 0 Å². The summed E-state index contributed by atoms with van der Waals surface area (Å²) in [5.74, 6) is -0.245. The molecule has 13 heavy (non-hydrogen) atoms. The van der Waals surface area contributed by atoms with E-state index in [9.17, 15) is 9.59 Å². The number of rotatable bonds is 5. The molecule has 0 aliphatic rings. The zero-order valence-electron chi connectivity index (χ0n) is 8.33. The molecule has 0 aromatic heterocycles. The average Bonchev–Trinajstić information content (AvgIpc) is 2.13.